The highest BCUT2D eigenvalue weighted by Crippen LogP contribution is 2.17. The first-order valence-corrected chi connectivity index (χ1v) is 6.51. The lowest BCUT2D eigenvalue weighted by Gasteiger charge is -2.10. The molecule has 1 saturated heterocycles. The van der Waals surface area contributed by atoms with Gasteiger partial charge in [0.2, 0.25) is 5.91 Å². The van der Waals surface area contributed by atoms with Gasteiger partial charge in [0.05, 0.1) is 13.0 Å². The van der Waals surface area contributed by atoms with E-state index in [4.69, 9.17) is 4.74 Å². The Morgan fingerprint density at radius 1 is 1.58 bits per heavy atom. The van der Waals surface area contributed by atoms with Crippen LogP contribution >= 0.6 is 0 Å². The standard InChI is InChI=1S/C14H19FN2O2/c1-19-13-3-2-10(8-12(13)15)4-7-17-14(18)11-5-6-16-9-11/h2-3,8,11,16H,4-7,9H2,1H3,(H,17,18). The van der Waals surface area contributed by atoms with Gasteiger partial charge in [-0.05, 0) is 37.1 Å². The summed E-state index contributed by atoms with van der Waals surface area (Å²) >= 11 is 0. The molecule has 4 nitrogen and oxygen atoms in total. The second-order valence-electron chi connectivity index (χ2n) is 4.70. The molecule has 5 heteroatoms. The molecule has 0 spiro atoms. The van der Waals surface area contributed by atoms with Gasteiger partial charge < -0.3 is 15.4 Å². The van der Waals surface area contributed by atoms with E-state index < -0.39 is 0 Å². The second-order valence-corrected chi connectivity index (χ2v) is 4.70. The summed E-state index contributed by atoms with van der Waals surface area (Å²) in [7, 11) is 1.44. The molecule has 1 unspecified atom stereocenters. The number of methoxy groups -OCH3 is 1. The van der Waals surface area contributed by atoms with Crippen LogP contribution in [-0.4, -0.2) is 32.7 Å². The van der Waals surface area contributed by atoms with Crippen LogP contribution in [0.3, 0.4) is 0 Å². The van der Waals surface area contributed by atoms with Crippen LogP contribution in [0.1, 0.15) is 12.0 Å². The third-order valence-corrected chi connectivity index (χ3v) is 3.36. The van der Waals surface area contributed by atoms with Gasteiger partial charge in [0.25, 0.3) is 0 Å². The SMILES string of the molecule is COc1ccc(CCNC(=O)C2CCNC2)cc1F. The fraction of sp³-hybridized carbons (Fsp3) is 0.500. The van der Waals surface area contributed by atoms with Crippen molar-refractivity contribution in [3.63, 3.8) is 0 Å². The Hall–Kier alpha value is -1.62. The maximum absolute atomic E-state index is 13.5. The van der Waals surface area contributed by atoms with Crippen LogP contribution in [0, 0.1) is 11.7 Å². The Kier molecular flexibility index (Phi) is 4.74. The molecular weight excluding hydrogens is 247 g/mol. The van der Waals surface area contributed by atoms with Crippen LogP contribution in [-0.2, 0) is 11.2 Å². The molecule has 2 rings (SSSR count). The molecular formula is C14H19FN2O2. The van der Waals surface area contributed by atoms with E-state index in [0.717, 1.165) is 25.1 Å². The number of hydrogen-bond acceptors (Lipinski definition) is 3. The molecule has 1 aromatic carbocycles. The molecule has 0 aromatic heterocycles. The Labute approximate surface area is 112 Å². The number of carbonyl (C=O) groups is 1. The van der Waals surface area contributed by atoms with Crippen molar-refractivity contribution in [1.82, 2.24) is 10.6 Å². The Balaban J connectivity index is 1.79. The second kappa shape index (κ2) is 6.52. The zero-order valence-electron chi connectivity index (χ0n) is 11.0. The van der Waals surface area contributed by atoms with Gasteiger partial charge >= 0.3 is 0 Å². The fourth-order valence-corrected chi connectivity index (χ4v) is 2.22. The van der Waals surface area contributed by atoms with E-state index in [9.17, 15) is 9.18 Å². The summed E-state index contributed by atoms with van der Waals surface area (Å²) in [6.07, 6.45) is 1.51. The summed E-state index contributed by atoms with van der Waals surface area (Å²) < 4.78 is 18.3. The quantitative estimate of drug-likeness (QED) is 0.839. The van der Waals surface area contributed by atoms with Crippen LogP contribution in [0.4, 0.5) is 4.39 Å². The number of carbonyl (C=O) groups excluding carboxylic acids is 1. The Morgan fingerprint density at radius 2 is 2.42 bits per heavy atom. The molecule has 0 saturated carbocycles. The summed E-state index contributed by atoms with van der Waals surface area (Å²) in [5, 5.41) is 6.05. The van der Waals surface area contributed by atoms with Crippen molar-refractivity contribution >= 4 is 5.91 Å². The van der Waals surface area contributed by atoms with E-state index >= 15 is 0 Å². The van der Waals surface area contributed by atoms with Gasteiger partial charge in [-0.1, -0.05) is 6.07 Å². The van der Waals surface area contributed by atoms with Crippen LogP contribution in [0.5, 0.6) is 5.75 Å². The lowest BCUT2D eigenvalue weighted by molar-refractivity contribution is -0.124. The van der Waals surface area contributed by atoms with Gasteiger partial charge in [0.15, 0.2) is 11.6 Å². The van der Waals surface area contributed by atoms with Crippen molar-refractivity contribution in [2.75, 3.05) is 26.7 Å². The highest BCUT2D eigenvalue weighted by Gasteiger charge is 2.21. The number of amides is 1. The van der Waals surface area contributed by atoms with Gasteiger partial charge in [0, 0.05) is 13.1 Å². The minimum absolute atomic E-state index is 0.0765. The molecule has 1 atom stereocenters. The molecule has 19 heavy (non-hydrogen) atoms. The summed E-state index contributed by atoms with van der Waals surface area (Å²) in [4.78, 5) is 11.8. The summed E-state index contributed by atoms with van der Waals surface area (Å²) in [6, 6.07) is 4.86. The molecule has 1 fully saturated rings. The number of nitrogens with one attached hydrogen (secondary N) is 2. The molecule has 2 N–H and O–H groups in total. The highest BCUT2D eigenvalue weighted by atomic mass is 19.1. The van der Waals surface area contributed by atoms with E-state index in [-0.39, 0.29) is 23.4 Å². The average Bonchev–Trinajstić information content (AvgIpc) is 2.93. The molecule has 0 bridgehead atoms. The number of rotatable bonds is 5. The zero-order valence-corrected chi connectivity index (χ0v) is 11.0. The predicted molar refractivity (Wildman–Crippen MR) is 70.6 cm³/mol. The van der Waals surface area contributed by atoms with Crippen LogP contribution < -0.4 is 15.4 Å². The predicted octanol–water partition coefficient (Wildman–Crippen LogP) is 1.10. The first-order valence-electron chi connectivity index (χ1n) is 6.51. The van der Waals surface area contributed by atoms with Crippen LogP contribution in [0.15, 0.2) is 18.2 Å². The Morgan fingerprint density at radius 3 is 3.05 bits per heavy atom. The molecule has 1 aliphatic rings. The van der Waals surface area contributed by atoms with Gasteiger partial charge in [-0.3, -0.25) is 4.79 Å². The third-order valence-electron chi connectivity index (χ3n) is 3.36. The monoisotopic (exact) mass is 266 g/mol. The summed E-state index contributed by atoms with van der Waals surface area (Å²) in [6.45, 7) is 2.19. The van der Waals surface area contributed by atoms with Crippen molar-refractivity contribution in [1.29, 1.82) is 0 Å². The maximum atomic E-state index is 13.5. The molecule has 104 valence electrons. The van der Waals surface area contributed by atoms with Crippen molar-refractivity contribution in [2.45, 2.75) is 12.8 Å². The van der Waals surface area contributed by atoms with E-state index in [0.29, 0.717) is 13.0 Å². The molecule has 0 radical (unpaired) electrons. The maximum Gasteiger partial charge on any atom is 0.224 e. The molecule has 1 aliphatic heterocycles. The van der Waals surface area contributed by atoms with Crippen molar-refractivity contribution in [2.24, 2.45) is 5.92 Å². The molecule has 1 aromatic rings. The van der Waals surface area contributed by atoms with E-state index in [1.54, 1.807) is 6.07 Å². The molecule has 0 aliphatic carbocycles. The summed E-state index contributed by atoms with van der Waals surface area (Å²) in [5.74, 6) is 0.0303. The molecule has 1 amide bonds. The van der Waals surface area contributed by atoms with Crippen LogP contribution in [0.25, 0.3) is 0 Å². The number of benzene rings is 1. The van der Waals surface area contributed by atoms with Crippen molar-refractivity contribution in [3.8, 4) is 5.75 Å². The van der Waals surface area contributed by atoms with E-state index in [2.05, 4.69) is 10.6 Å². The zero-order chi connectivity index (χ0) is 13.7. The first kappa shape index (κ1) is 13.8. The third kappa shape index (κ3) is 3.67. The van der Waals surface area contributed by atoms with E-state index in [1.807, 2.05) is 6.07 Å². The Bertz CT molecular complexity index is 445. The van der Waals surface area contributed by atoms with Gasteiger partial charge in [-0.2, -0.15) is 0 Å². The summed E-state index contributed by atoms with van der Waals surface area (Å²) in [5.41, 5.74) is 0.850. The number of ether oxygens (including phenoxy) is 1. The van der Waals surface area contributed by atoms with Crippen molar-refractivity contribution in [3.05, 3.63) is 29.6 Å². The van der Waals surface area contributed by atoms with E-state index in [1.165, 1.54) is 13.2 Å². The van der Waals surface area contributed by atoms with Gasteiger partial charge in [-0.15, -0.1) is 0 Å². The number of halogens is 1. The van der Waals surface area contributed by atoms with Gasteiger partial charge in [-0.25, -0.2) is 4.39 Å². The average molecular weight is 266 g/mol. The largest absolute Gasteiger partial charge is 0.494 e. The lowest BCUT2D eigenvalue weighted by atomic mass is 10.1. The number of hydrogen-bond donors (Lipinski definition) is 2. The minimum atomic E-state index is -0.369. The molecule has 1 heterocycles. The highest BCUT2D eigenvalue weighted by molar-refractivity contribution is 5.79. The van der Waals surface area contributed by atoms with Gasteiger partial charge in [0.1, 0.15) is 0 Å². The first-order chi connectivity index (χ1) is 9.20. The van der Waals surface area contributed by atoms with Crippen molar-refractivity contribution < 1.29 is 13.9 Å². The van der Waals surface area contributed by atoms with Crippen LogP contribution in [0.2, 0.25) is 0 Å². The fourth-order valence-electron chi connectivity index (χ4n) is 2.22. The lowest BCUT2D eigenvalue weighted by Crippen LogP contribution is -2.33. The minimum Gasteiger partial charge on any atom is -0.494 e. The smallest absolute Gasteiger partial charge is 0.224 e. The normalized spacial score (nSPS) is 18.3. The topological polar surface area (TPSA) is 50.4 Å².